The molecule has 18 heteroatoms. The number of rotatable bonds is 21. The number of carbonyl (C=O) groups excluding carboxylic acids is 2. The molecule has 1 fully saturated rings. The van der Waals surface area contributed by atoms with E-state index < -0.39 is 62.3 Å². The van der Waals surface area contributed by atoms with Gasteiger partial charge in [0.15, 0.2) is 17.4 Å². The second kappa shape index (κ2) is 18.5. The van der Waals surface area contributed by atoms with E-state index in [2.05, 4.69) is 25.1 Å². The van der Waals surface area contributed by atoms with Crippen LogP contribution < -0.4 is 20.6 Å². The van der Waals surface area contributed by atoms with Gasteiger partial charge in [-0.2, -0.15) is 9.97 Å². The first kappa shape index (κ1) is 41.5. The number of aliphatic hydroxyl groups excluding tert-OH is 1. The number of esters is 2. The van der Waals surface area contributed by atoms with E-state index in [0.29, 0.717) is 12.8 Å². The summed E-state index contributed by atoms with van der Waals surface area (Å²) in [4.78, 5) is 39.0. The molecule has 0 radical (unpaired) electrons. The molecule has 284 valence electrons. The maximum atomic E-state index is 14.8. The molecule has 17 nitrogen and oxygen atoms in total. The Labute approximate surface area is 293 Å². The van der Waals surface area contributed by atoms with Gasteiger partial charge in [-0.1, -0.05) is 54.4 Å². The summed E-state index contributed by atoms with van der Waals surface area (Å²) < 4.78 is 44.5. The quantitative estimate of drug-likeness (QED) is 0.0705. The number of nitrogens with zero attached hydrogens (tertiary/aromatic N) is 4. The van der Waals surface area contributed by atoms with Crippen LogP contribution in [0, 0.1) is 11.8 Å². The molecule has 1 aliphatic heterocycles. The van der Waals surface area contributed by atoms with E-state index in [1.807, 2.05) is 41.5 Å². The lowest BCUT2D eigenvalue weighted by Gasteiger charge is -2.30. The fourth-order valence-electron chi connectivity index (χ4n) is 5.48. The lowest BCUT2D eigenvalue weighted by Crippen LogP contribution is -2.47. The van der Waals surface area contributed by atoms with Gasteiger partial charge < -0.3 is 39.4 Å². The van der Waals surface area contributed by atoms with E-state index in [-0.39, 0.29) is 60.9 Å². The van der Waals surface area contributed by atoms with Crippen molar-refractivity contribution < 1.29 is 47.8 Å². The maximum Gasteiger partial charge on any atom is 0.342 e. The van der Waals surface area contributed by atoms with Crippen LogP contribution in [-0.2, 0) is 32.9 Å². The molecule has 2 unspecified atom stereocenters. The van der Waals surface area contributed by atoms with Crippen LogP contribution in [0.4, 0.5) is 5.95 Å². The fourth-order valence-corrected chi connectivity index (χ4v) is 7.30. The Hall–Kier alpha value is -2.92. The number of anilines is 1. The first-order chi connectivity index (χ1) is 23.6. The standard InChI is InChI=1S/C32H56N7O10P/c1-9-11-13-46-28(41)21(15-19(3)4)37-50(44,38-22(16-20(5)6)29(42)47-14-12-10-2)48-17-23-25(40)32(7,43)30(49-23)39-18-34-24-26(39)35-31(33)36-27(24)45-8/h18-23,25,30,40,43H,9-17H2,1-8H3,(H2,33,35,36)(H2,37,38,44)/t21-,22-,23+,25?,30?,32-/m0/s1. The summed E-state index contributed by atoms with van der Waals surface area (Å²) in [6.45, 7) is 12.7. The van der Waals surface area contributed by atoms with Gasteiger partial charge in [0.05, 0.1) is 33.3 Å². The van der Waals surface area contributed by atoms with E-state index in [1.54, 1.807) is 0 Å². The molecule has 3 rings (SSSR count). The van der Waals surface area contributed by atoms with Crippen LogP contribution in [-0.4, -0.2) is 98.5 Å². The number of nitrogens with two attached hydrogens (primary N) is 1. The highest BCUT2D eigenvalue weighted by Gasteiger charge is 2.54. The molecule has 1 aliphatic rings. The second-order valence-corrected chi connectivity index (χ2v) is 15.5. The van der Waals surface area contributed by atoms with Crippen LogP contribution in [0.5, 0.6) is 5.88 Å². The average Bonchev–Trinajstić information content (AvgIpc) is 3.55. The molecule has 0 amide bonds. The molecule has 50 heavy (non-hydrogen) atoms. The van der Waals surface area contributed by atoms with Gasteiger partial charge in [-0.25, -0.2) is 15.2 Å². The van der Waals surface area contributed by atoms with Crippen molar-refractivity contribution in [3.63, 3.8) is 0 Å². The topological polar surface area (TPSA) is 232 Å². The molecule has 0 spiro atoms. The number of hydrogen-bond acceptors (Lipinski definition) is 14. The molecule has 2 aromatic heterocycles. The maximum absolute atomic E-state index is 14.8. The van der Waals surface area contributed by atoms with Gasteiger partial charge >= 0.3 is 19.6 Å². The molecule has 6 N–H and O–H groups in total. The van der Waals surface area contributed by atoms with E-state index in [4.69, 9.17) is 29.2 Å². The minimum absolute atomic E-state index is 0.0116. The first-order valence-electron chi connectivity index (χ1n) is 17.3. The van der Waals surface area contributed by atoms with Crippen molar-refractivity contribution >= 4 is 36.7 Å². The summed E-state index contributed by atoms with van der Waals surface area (Å²) >= 11 is 0. The van der Waals surface area contributed by atoms with Gasteiger partial charge in [-0.3, -0.25) is 18.7 Å². The molecule has 1 saturated heterocycles. The van der Waals surface area contributed by atoms with E-state index in [9.17, 15) is 24.4 Å². The van der Waals surface area contributed by atoms with Gasteiger partial charge in [0.2, 0.25) is 11.8 Å². The van der Waals surface area contributed by atoms with Gasteiger partial charge in [-0.05, 0) is 44.4 Å². The van der Waals surface area contributed by atoms with Crippen molar-refractivity contribution in [3.8, 4) is 5.88 Å². The van der Waals surface area contributed by atoms with E-state index >= 15 is 0 Å². The first-order valence-corrected chi connectivity index (χ1v) is 18.9. The van der Waals surface area contributed by atoms with Gasteiger partial charge in [-0.15, -0.1) is 0 Å². The zero-order valence-corrected chi connectivity index (χ0v) is 31.4. The van der Waals surface area contributed by atoms with Crippen molar-refractivity contribution in [2.75, 3.05) is 32.7 Å². The summed E-state index contributed by atoms with van der Waals surface area (Å²) in [6, 6.07) is -2.13. The number of aliphatic hydroxyl groups is 2. The summed E-state index contributed by atoms with van der Waals surface area (Å²) in [7, 11) is -2.94. The normalized spacial score (nSPS) is 22.3. The highest BCUT2D eigenvalue weighted by atomic mass is 31.2. The highest BCUT2D eigenvalue weighted by molar-refractivity contribution is 7.54. The molecule has 3 heterocycles. The van der Waals surface area contributed by atoms with Crippen LogP contribution in [0.25, 0.3) is 11.2 Å². The molecule has 0 saturated carbocycles. The number of nitrogens with one attached hydrogen (secondary N) is 2. The Morgan fingerprint density at radius 2 is 1.58 bits per heavy atom. The van der Waals surface area contributed by atoms with Crippen molar-refractivity contribution in [1.29, 1.82) is 0 Å². The molecular weight excluding hydrogens is 673 g/mol. The lowest BCUT2D eigenvalue weighted by atomic mass is 9.96. The third-order valence-electron chi connectivity index (χ3n) is 8.15. The Balaban J connectivity index is 1.94. The van der Waals surface area contributed by atoms with Crippen LogP contribution in [0.3, 0.4) is 0 Å². The summed E-state index contributed by atoms with van der Waals surface area (Å²) in [5.74, 6) is -1.26. The fraction of sp³-hybridized carbons (Fsp3) is 0.781. The monoisotopic (exact) mass is 729 g/mol. The molecule has 0 bridgehead atoms. The Morgan fingerprint density at radius 3 is 2.06 bits per heavy atom. The van der Waals surface area contributed by atoms with Crippen molar-refractivity contribution in [2.45, 2.75) is 123 Å². The van der Waals surface area contributed by atoms with Gasteiger partial charge in [0.25, 0.3) is 0 Å². The molecule has 0 aliphatic carbocycles. The third kappa shape index (κ3) is 10.8. The van der Waals surface area contributed by atoms with Gasteiger partial charge in [0.1, 0.15) is 29.9 Å². The number of unbranched alkanes of at least 4 members (excludes halogenated alkanes) is 2. The van der Waals surface area contributed by atoms with Crippen molar-refractivity contribution in [1.82, 2.24) is 29.7 Å². The number of ether oxygens (including phenoxy) is 4. The molecular formula is C32H56N7O10P. The average molecular weight is 730 g/mol. The second-order valence-electron chi connectivity index (χ2n) is 13.6. The predicted molar refractivity (Wildman–Crippen MR) is 185 cm³/mol. The largest absolute Gasteiger partial charge is 0.479 e. The van der Waals surface area contributed by atoms with Crippen LogP contribution in [0.15, 0.2) is 6.33 Å². The van der Waals surface area contributed by atoms with Gasteiger partial charge in [0, 0.05) is 0 Å². The molecule has 6 atom stereocenters. The number of hydrogen-bond donors (Lipinski definition) is 5. The minimum Gasteiger partial charge on any atom is -0.479 e. The third-order valence-corrected chi connectivity index (χ3v) is 9.96. The van der Waals surface area contributed by atoms with E-state index in [0.717, 1.165) is 12.8 Å². The summed E-state index contributed by atoms with van der Waals surface area (Å²) in [6.07, 6.45) is 0.714. The number of fused-ring (bicyclic) bond motifs is 1. The lowest BCUT2D eigenvalue weighted by molar-refractivity contribution is -0.146. The Morgan fingerprint density at radius 1 is 1.04 bits per heavy atom. The predicted octanol–water partition coefficient (Wildman–Crippen LogP) is 3.25. The van der Waals surface area contributed by atoms with Crippen LogP contribution in [0.2, 0.25) is 0 Å². The van der Waals surface area contributed by atoms with Crippen molar-refractivity contribution in [3.05, 3.63) is 6.33 Å². The number of methoxy groups -OCH3 is 1. The minimum atomic E-state index is -4.33. The van der Waals surface area contributed by atoms with Crippen molar-refractivity contribution in [2.24, 2.45) is 11.8 Å². The summed E-state index contributed by atoms with van der Waals surface area (Å²) in [5, 5.41) is 28.4. The SMILES string of the molecule is CCCCOC(=O)[C@H](CC(C)C)NP(=O)(N[C@@H](CC(C)C)C(=O)OCCCC)OC[C@H]1OC(n2cnc3c(OC)nc(N)nc32)[C@@](C)(O)C1O. The zero-order valence-electron chi connectivity index (χ0n) is 30.5. The van der Waals surface area contributed by atoms with Crippen LogP contribution >= 0.6 is 7.67 Å². The number of nitrogen functional groups attached to an aromatic ring is 1. The Bertz CT molecular complexity index is 1410. The number of carbonyl (C=O) groups is 2. The van der Waals surface area contributed by atoms with Crippen LogP contribution in [0.1, 0.15) is 93.2 Å². The smallest absolute Gasteiger partial charge is 0.342 e. The highest BCUT2D eigenvalue weighted by Crippen LogP contribution is 2.45. The van der Waals surface area contributed by atoms with E-state index in [1.165, 1.54) is 24.9 Å². The Kier molecular flexibility index (Phi) is 15.4. The summed E-state index contributed by atoms with van der Waals surface area (Å²) in [5.41, 5.74) is 4.37. The number of imidazole rings is 1. The zero-order chi connectivity index (χ0) is 37.2. The molecule has 2 aromatic rings. The number of aromatic nitrogens is 4. The molecule has 0 aromatic carbocycles.